The molecule has 8 heteroatoms. The number of imidazole rings is 1. The Morgan fingerprint density at radius 2 is 1.94 bits per heavy atom. The van der Waals surface area contributed by atoms with Gasteiger partial charge < -0.3 is 4.57 Å². The van der Waals surface area contributed by atoms with Gasteiger partial charge >= 0.3 is 0 Å². The predicted molar refractivity (Wildman–Crippen MR) is 125 cm³/mol. The molecule has 0 spiro atoms. The molecule has 2 saturated heterocycles. The summed E-state index contributed by atoms with van der Waals surface area (Å²) in [5, 5.41) is 2.15. The molecule has 4 heterocycles. The lowest BCUT2D eigenvalue weighted by atomic mass is 10.2. The number of aromatic nitrogens is 2. The first-order chi connectivity index (χ1) is 15.1. The summed E-state index contributed by atoms with van der Waals surface area (Å²) in [5.41, 5.74) is 1.80. The second-order valence-electron chi connectivity index (χ2n) is 8.53. The monoisotopic (exact) mass is 458 g/mol. The van der Waals surface area contributed by atoms with Crippen molar-refractivity contribution in [3.63, 3.8) is 0 Å². The van der Waals surface area contributed by atoms with E-state index in [0.717, 1.165) is 55.8 Å². The summed E-state index contributed by atoms with van der Waals surface area (Å²) in [6.45, 7) is 6.05. The molecule has 166 valence electrons. The van der Waals surface area contributed by atoms with Crippen molar-refractivity contribution in [1.82, 2.24) is 18.8 Å². The molecule has 0 radical (unpaired) electrons. The highest BCUT2D eigenvalue weighted by molar-refractivity contribution is 7.89. The third-order valence-electron chi connectivity index (χ3n) is 6.65. The Labute approximate surface area is 188 Å². The molecule has 0 aliphatic carbocycles. The average Bonchev–Trinajstić information content (AvgIpc) is 3.53. The maximum Gasteiger partial charge on any atom is 0.243 e. The maximum absolute atomic E-state index is 13.1. The fraction of sp³-hybridized carbons (Fsp3) is 0.522. The van der Waals surface area contributed by atoms with E-state index in [4.69, 9.17) is 4.98 Å². The van der Waals surface area contributed by atoms with Crippen LogP contribution in [0, 0.1) is 0 Å². The van der Waals surface area contributed by atoms with Crippen LogP contribution < -0.4 is 0 Å². The number of sulfonamides is 1. The summed E-state index contributed by atoms with van der Waals surface area (Å²) in [6.07, 6.45) is 5.38. The van der Waals surface area contributed by atoms with Crippen molar-refractivity contribution >= 4 is 32.4 Å². The number of hydrogen-bond acceptors (Lipinski definition) is 5. The van der Waals surface area contributed by atoms with Gasteiger partial charge in [0.1, 0.15) is 5.82 Å². The molecule has 3 aromatic rings. The number of thiophene rings is 1. The van der Waals surface area contributed by atoms with E-state index in [1.54, 1.807) is 16.4 Å². The molecule has 2 aliphatic rings. The van der Waals surface area contributed by atoms with Gasteiger partial charge in [0.05, 0.1) is 22.5 Å². The number of fused-ring (bicyclic) bond motifs is 1. The van der Waals surface area contributed by atoms with Crippen molar-refractivity contribution < 1.29 is 8.42 Å². The fourth-order valence-electron chi connectivity index (χ4n) is 5.05. The predicted octanol–water partition coefficient (Wildman–Crippen LogP) is 4.63. The molecule has 6 nitrogen and oxygen atoms in total. The SMILES string of the molecule is CCn1c(CN2CCCC2c2cccs2)nc2cc(S(=O)(=O)N3CCCCC3)ccc21. The third kappa shape index (κ3) is 3.95. The molecule has 1 atom stereocenters. The highest BCUT2D eigenvalue weighted by Crippen LogP contribution is 2.36. The van der Waals surface area contributed by atoms with E-state index >= 15 is 0 Å². The summed E-state index contributed by atoms with van der Waals surface area (Å²) >= 11 is 1.83. The second kappa shape index (κ2) is 8.65. The number of nitrogens with zero attached hydrogens (tertiary/aromatic N) is 4. The minimum atomic E-state index is -3.45. The lowest BCUT2D eigenvalue weighted by molar-refractivity contribution is 0.242. The van der Waals surface area contributed by atoms with Gasteiger partial charge in [-0.1, -0.05) is 12.5 Å². The zero-order valence-electron chi connectivity index (χ0n) is 18.0. The first-order valence-corrected chi connectivity index (χ1v) is 13.7. The first-order valence-electron chi connectivity index (χ1n) is 11.3. The molecular weight excluding hydrogens is 428 g/mol. The van der Waals surface area contributed by atoms with E-state index in [1.165, 1.54) is 17.7 Å². The Morgan fingerprint density at radius 3 is 2.68 bits per heavy atom. The zero-order valence-corrected chi connectivity index (χ0v) is 19.7. The van der Waals surface area contributed by atoms with Gasteiger partial charge in [0.15, 0.2) is 0 Å². The van der Waals surface area contributed by atoms with Crippen molar-refractivity contribution in [3.8, 4) is 0 Å². The van der Waals surface area contributed by atoms with Crippen LogP contribution in [0.3, 0.4) is 0 Å². The summed E-state index contributed by atoms with van der Waals surface area (Å²) < 4.78 is 30.1. The van der Waals surface area contributed by atoms with Crippen LogP contribution in [0.1, 0.15) is 55.8 Å². The van der Waals surface area contributed by atoms with Crippen LogP contribution in [0.5, 0.6) is 0 Å². The van der Waals surface area contributed by atoms with Crippen LogP contribution in [0.4, 0.5) is 0 Å². The summed E-state index contributed by atoms with van der Waals surface area (Å²) in [5.74, 6) is 1.02. The molecular formula is C23H30N4O2S2. The molecule has 2 aliphatic heterocycles. The van der Waals surface area contributed by atoms with Crippen LogP contribution in [-0.2, 0) is 23.1 Å². The van der Waals surface area contributed by atoms with E-state index in [2.05, 4.69) is 33.9 Å². The Morgan fingerprint density at radius 1 is 1.10 bits per heavy atom. The molecule has 2 aromatic heterocycles. The minimum Gasteiger partial charge on any atom is -0.327 e. The Balaban J connectivity index is 1.46. The van der Waals surface area contributed by atoms with Gasteiger partial charge in [-0.2, -0.15) is 4.31 Å². The van der Waals surface area contributed by atoms with Crippen molar-refractivity contribution in [1.29, 1.82) is 0 Å². The molecule has 0 bridgehead atoms. The second-order valence-corrected chi connectivity index (χ2v) is 11.4. The number of rotatable bonds is 6. The Bertz CT molecular complexity index is 1150. The van der Waals surface area contributed by atoms with Crippen molar-refractivity contribution in [2.75, 3.05) is 19.6 Å². The summed E-state index contributed by atoms with van der Waals surface area (Å²) in [6, 6.07) is 10.3. The van der Waals surface area contributed by atoms with E-state index in [9.17, 15) is 8.42 Å². The minimum absolute atomic E-state index is 0.367. The Kier molecular flexibility index (Phi) is 5.90. The van der Waals surface area contributed by atoms with E-state index in [0.29, 0.717) is 24.0 Å². The molecule has 0 saturated carbocycles. The highest BCUT2D eigenvalue weighted by Gasteiger charge is 2.29. The van der Waals surface area contributed by atoms with Gasteiger partial charge in [-0.05, 0) is 68.8 Å². The molecule has 0 amide bonds. The number of piperidine rings is 1. The van der Waals surface area contributed by atoms with E-state index < -0.39 is 10.0 Å². The van der Waals surface area contributed by atoms with Crippen LogP contribution >= 0.6 is 11.3 Å². The smallest absolute Gasteiger partial charge is 0.243 e. The summed E-state index contributed by atoms with van der Waals surface area (Å²) in [7, 11) is -3.45. The largest absolute Gasteiger partial charge is 0.327 e. The van der Waals surface area contributed by atoms with Gasteiger partial charge in [0.2, 0.25) is 10.0 Å². The van der Waals surface area contributed by atoms with Crippen LogP contribution in [0.25, 0.3) is 11.0 Å². The van der Waals surface area contributed by atoms with Crippen LogP contribution in [-0.4, -0.2) is 46.8 Å². The van der Waals surface area contributed by atoms with E-state index in [-0.39, 0.29) is 0 Å². The van der Waals surface area contributed by atoms with Crippen molar-refractivity contribution in [3.05, 3.63) is 46.4 Å². The number of hydrogen-bond donors (Lipinski definition) is 0. The van der Waals surface area contributed by atoms with Crippen LogP contribution in [0.2, 0.25) is 0 Å². The third-order valence-corrected chi connectivity index (χ3v) is 9.52. The van der Waals surface area contributed by atoms with Gasteiger partial charge in [-0.15, -0.1) is 11.3 Å². The quantitative estimate of drug-likeness (QED) is 0.540. The van der Waals surface area contributed by atoms with Gasteiger partial charge in [0.25, 0.3) is 0 Å². The van der Waals surface area contributed by atoms with Crippen molar-refractivity contribution in [2.24, 2.45) is 0 Å². The topological polar surface area (TPSA) is 58.4 Å². The lowest BCUT2D eigenvalue weighted by Crippen LogP contribution is -2.35. The molecule has 1 unspecified atom stereocenters. The van der Waals surface area contributed by atoms with E-state index in [1.807, 2.05) is 17.4 Å². The zero-order chi connectivity index (χ0) is 21.4. The number of likely N-dealkylation sites (tertiary alicyclic amines) is 1. The van der Waals surface area contributed by atoms with Crippen LogP contribution in [0.15, 0.2) is 40.6 Å². The van der Waals surface area contributed by atoms with Gasteiger partial charge in [0, 0.05) is 30.6 Å². The summed E-state index contributed by atoms with van der Waals surface area (Å²) in [4.78, 5) is 9.23. The lowest BCUT2D eigenvalue weighted by Gasteiger charge is -2.25. The molecule has 2 fully saturated rings. The standard InChI is InChI=1S/C23H30N4O2S2/c1-2-27-20-11-10-18(31(28,29)26-13-4-3-5-14-26)16-19(20)24-23(27)17-25-12-6-8-21(25)22-9-7-15-30-22/h7,9-11,15-16,21H,2-6,8,12-14,17H2,1H3. The van der Waals surface area contributed by atoms with Crippen molar-refractivity contribution in [2.45, 2.75) is 63.1 Å². The fourth-order valence-corrected chi connectivity index (χ4v) is 7.48. The average molecular weight is 459 g/mol. The molecule has 31 heavy (non-hydrogen) atoms. The molecule has 0 N–H and O–H groups in total. The van der Waals surface area contributed by atoms with Gasteiger partial charge in [-0.3, -0.25) is 4.90 Å². The molecule has 5 rings (SSSR count). The number of aryl methyl sites for hydroxylation is 1. The molecule has 1 aromatic carbocycles. The maximum atomic E-state index is 13.1. The first kappa shape index (κ1) is 21.1. The number of benzene rings is 1. The van der Waals surface area contributed by atoms with Gasteiger partial charge in [-0.25, -0.2) is 13.4 Å². The normalized spacial score (nSPS) is 21.3. The highest BCUT2D eigenvalue weighted by atomic mass is 32.2. The Hall–Kier alpha value is -1.74.